The number of carbonyl (C=O) groups excluding carboxylic acids is 1. The molecule has 1 aliphatic rings. The summed E-state index contributed by atoms with van der Waals surface area (Å²) in [6, 6.07) is 10.9. The summed E-state index contributed by atoms with van der Waals surface area (Å²) in [7, 11) is -2.29. The predicted octanol–water partition coefficient (Wildman–Crippen LogP) is 3.66. The fraction of sp³-hybridized carbons (Fsp3) is 0.409. The lowest BCUT2D eigenvalue weighted by molar-refractivity contribution is -0.120. The van der Waals surface area contributed by atoms with E-state index in [0.29, 0.717) is 25.1 Å². The van der Waals surface area contributed by atoms with Crippen LogP contribution in [0.25, 0.3) is 0 Å². The van der Waals surface area contributed by atoms with Gasteiger partial charge in [0.1, 0.15) is 10.6 Å². The fourth-order valence-electron chi connectivity index (χ4n) is 3.56. The Balaban J connectivity index is 1.78. The number of sulfonamides is 1. The van der Waals surface area contributed by atoms with E-state index in [9.17, 15) is 13.2 Å². The van der Waals surface area contributed by atoms with Crippen LogP contribution < -0.4 is 10.1 Å². The van der Waals surface area contributed by atoms with Crippen molar-refractivity contribution in [3.8, 4) is 5.75 Å². The van der Waals surface area contributed by atoms with Crippen LogP contribution in [0.1, 0.15) is 29.5 Å². The van der Waals surface area contributed by atoms with Gasteiger partial charge in [-0.15, -0.1) is 0 Å². The number of nitrogens with zero attached hydrogens (tertiary/aromatic N) is 1. The molecular formula is C22H28N2O4S. The van der Waals surface area contributed by atoms with Gasteiger partial charge in [-0.25, -0.2) is 8.42 Å². The molecule has 0 spiro atoms. The zero-order chi connectivity index (χ0) is 21.2. The average molecular weight is 417 g/mol. The van der Waals surface area contributed by atoms with Crippen molar-refractivity contribution in [2.75, 3.05) is 25.5 Å². The third-order valence-electron chi connectivity index (χ3n) is 5.47. The lowest BCUT2D eigenvalue weighted by Gasteiger charge is -2.31. The van der Waals surface area contributed by atoms with Gasteiger partial charge in [0.15, 0.2) is 0 Å². The quantitative estimate of drug-likeness (QED) is 0.807. The highest BCUT2D eigenvalue weighted by molar-refractivity contribution is 7.89. The first kappa shape index (κ1) is 21.3. The summed E-state index contributed by atoms with van der Waals surface area (Å²) in [5.74, 6) is -0.224. The molecule has 1 fully saturated rings. The van der Waals surface area contributed by atoms with Crippen LogP contribution >= 0.6 is 0 Å². The molecule has 2 aromatic rings. The smallest absolute Gasteiger partial charge is 0.246 e. The van der Waals surface area contributed by atoms with E-state index in [0.717, 1.165) is 22.4 Å². The number of benzene rings is 2. The van der Waals surface area contributed by atoms with E-state index in [2.05, 4.69) is 5.32 Å². The molecule has 0 saturated carbocycles. The van der Waals surface area contributed by atoms with Crippen LogP contribution in [0.5, 0.6) is 5.75 Å². The maximum atomic E-state index is 13.2. The third kappa shape index (κ3) is 4.62. The first-order valence-corrected chi connectivity index (χ1v) is 11.2. The van der Waals surface area contributed by atoms with Crippen molar-refractivity contribution in [2.45, 2.75) is 38.5 Å². The Bertz CT molecular complexity index is 1020. The number of carbonyl (C=O) groups is 1. The van der Waals surface area contributed by atoms with E-state index in [1.54, 1.807) is 12.1 Å². The van der Waals surface area contributed by atoms with Crippen molar-refractivity contribution in [1.29, 1.82) is 0 Å². The number of rotatable bonds is 5. The summed E-state index contributed by atoms with van der Waals surface area (Å²) in [6.45, 7) is 6.41. The molecule has 0 unspecified atom stereocenters. The van der Waals surface area contributed by atoms with Crippen LogP contribution in [0.15, 0.2) is 41.3 Å². The van der Waals surface area contributed by atoms with Gasteiger partial charge in [-0.3, -0.25) is 4.79 Å². The van der Waals surface area contributed by atoms with Gasteiger partial charge in [0.25, 0.3) is 0 Å². The van der Waals surface area contributed by atoms with Crippen LogP contribution in [-0.2, 0) is 14.8 Å². The minimum absolute atomic E-state index is 0.148. The molecule has 1 saturated heterocycles. The van der Waals surface area contributed by atoms with Crippen molar-refractivity contribution in [3.05, 3.63) is 53.1 Å². The number of aryl methyl sites for hydroxylation is 3. The highest BCUT2D eigenvalue weighted by atomic mass is 32.2. The Hall–Kier alpha value is -2.38. The number of piperidine rings is 1. The standard InChI is InChI=1S/C22H28N2O4S/c1-15-7-10-20(28-4)21(12-15)29(26,27)24-11-5-6-18(14-24)22(25)23-19-9-8-16(2)17(3)13-19/h7-10,12-13,18H,5-6,11,14H2,1-4H3,(H,23,25)/t18-/m0/s1. The number of methoxy groups -OCH3 is 1. The lowest BCUT2D eigenvalue weighted by atomic mass is 9.98. The van der Waals surface area contributed by atoms with Crippen LogP contribution in [0.2, 0.25) is 0 Å². The Morgan fingerprint density at radius 2 is 1.86 bits per heavy atom. The number of amides is 1. The van der Waals surface area contributed by atoms with Crippen molar-refractivity contribution < 1.29 is 17.9 Å². The van der Waals surface area contributed by atoms with Crippen LogP contribution in [0.3, 0.4) is 0 Å². The molecular weight excluding hydrogens is 388 g/mol. The highest BCUT2D eigenvalue weighted by Gasteiger charge is 2.35. The summed E-state index contributed by atoms with van der Waals surface area (Å²) in [6.07, 6.45) is 1.30. The molecule has 0 aliphatic carbocycles. The fourth-order valence-corrected chi connectivity index (χ4v) is 5.33. The molecule has 6 nitrogen and oxygen atoms in total. The highest BCUT2D eigenvalue weighted by Crippen LogP contribution is 2.31. The molecule has 3 rings (SSSR count). The average Bonchev–Trinajstić information content (AvgIpc) is 2.70. The van der Waals surface area contributed by atoms with Crippen molar-refractivity contribution in [1.82, 2.24) is 4.31 Å². The van der Waals surface area contributed by atoms with Crippen LogP contribution in [-0.4, -0.2) is 38.8 Å². The second-order valence-corrected chi connectivity index (χ2v) is 9.55. The Labute approximate surface area is 172 Å². The normalized spacial score (nSPS) is 17.7. The zero-order valence-corrected chi connectivity index (χ0v) is 18.2. The Morgan fingerprint density at radius 3 is 2.55 bits per heavy atom. The monoisotopic (exact) mass is 416 g/mol. The maximum absolute atomic E-state index is 13.2. The lowest BCUT2D eigenvalue weighted by Crippen LogP contribution is -2.43. The van der Waals surface area contributed by atoms with E-state index in [1.807, 2.05) is 45.0 Å². The Kier molecular flexibility index (Phi) is 6.29. The van der Waals surface area contributed by atoms with Crippen molar-refractivity contribution >= 4 is 21.6 Å². The molecule has 0 aromatic heterocycles. The molecule has 1 amide bonds. The number of hydrogen-bond donors (Lipinski definition) is 1. The van der Waals surface area contributed by atoms with E-state index >= 15 is 0 Å². The maximum Gasteiger partial charge on any atom is 0.246 e. The molecule has 2 aromatic carbocycles. The van der Waals surface area contributed by atoms with Crippen molar-refractivity contribution in [2.24, 2.45) is 5.92 Å². The molecule has 1 atom stereocenters. The third-order valence-corrected chi connectivity index (χ3v) is 7.35. The topological polar surface area (TPSA) is 75.7 Å². The van der Waals surface area contributed by atoms with Crippen molar-refractivity contribution in [3.63, 3.8) is 0 Å². The number of hydrogen-bond acceptors (Lipinski definition) is 4. The summed E-state index contributed by atoms with van der Waals surface area (Å²) >= 11 is 0. The molecule has 7 heteroatoms. The minimum Gasteiger partial charge on any atom is -0.495 e. The van der Waals surface area contributed by atoms with E-state index in [4.69, 9.17) is 4.74 Å². The van der Waals surface area contributed by atoms with Crippen LogP contribution in [0.4, 0.5) is 5.69 Å². The Morgan fingerprint density at radius 1 is 1.10 bits per heavy atom. The molecule has 1 aliphatic heterocycles. The van der Waals surface area contributed by atoms with Gasteiger partial charge in [-0.1, -0.05) is 12.1 Å². The summed E-state index contributed by atoms with van der Waals surface area (Å²) in [5.41, 5.74) is 3.83. The second-order valence-electron chi connectivity index (χ2n) is 7.64. The summed E-state index contributed by atoms with van der Waals surface area (Å²) in [4.78, 5) is 12.9. The molecule has 0 radical (unpaired) electrons. The molecule has 29 heavy (non-hydrogen) atoms. The van der Waals surface area contributed by atoms with Gasteiger partial charge >= 0.3 is 0 Å². The van der Waals surface area contributed by atoms with Gasteiger partial charge in [-0.05, 0) is 74.6 Å². The van der Waals surface area contributed by atoms with Gasteiger partial charge in [0.2, 0.25) is 15.9 Å². The number of anilines is 1. The summed E-state index contributed by atoms with van der Waals surface area (Å²) in [5, 5.41) is 2.94. The number of nitrogens with one attached hydrogen (secondary N) is 1. The van der Waals surface area contributed by atoms with Gasteiger partial charge in [0, 0.05) is 18.8 Å². The minimum atomic E-state index is -3.75. The van der Waals surface area contributed by atoms with E-state index in [-0.39, 0.29) is 17.3 Å². The first-order chi connectivity index (χ1) is 13.7. The van der Waals surface area contributed by atoms with E-state index < -0.39 is 15.9 Å². The summed E-state index contributed by atoms with van der Waals surface area (Å²) < 4.78 is 33.2. The molecule has 0 bridgehead atoms. The SMILES string of the molecule is COc1ccc(C)cc1S(=O)(=O)N1CCC[C@H](C(=O)Nc2ccc(C)c(C)c2)C1. The van der Waals surface area contributed by atoms with Crippen LogP contribution in [0, 0.1) is 26.7 Å². The molecule has 1 heterocycles. The zero-order valence-electron chi connectivity index (χ0n) is 17.4. The second kappa shape index (κ2) is 8.55. The van der Waals surface area contributed by atoms with Gasteiger partial charge in [-0.2, -0.15) is 4.31 Å². The number of ether oxygens (including phenoxy) is 1. The van der Waals surface area contributed by atoms with E-state index in [1.165, 1.54) is 11.4 Å². The largest absolute Gasteiger partial charge is 0.495 e. The molecule has 156 valence electrons. The van der Waals surface area contributed by atoms with Gasteiger partial charge in [0.05, 0.1) is 13.0 Å². The molecule has 1 N–H and O–H groups in total. The predicted molar refractivity (Wildman–Crippen MR) is 114 cm³/mol. The van der Waals surface area contributed by atoms with Gasteiger partial charge < -0.3 is 10.1 Å². The first-order valence-electron chi connectivity index (χ1n) is 9.75.